The normalized spacial score (nSPS) is 13.6. The van der Waals surface area contributed by atoms with Gasteiger partial charge in [-0.2, -0.15) is 0 Å². The third-order valence-corrected chi connectivity index (χ3v) is 7.66. The molecule has 174 valence electrons. The highest BCUT2D eigenvalue weighted by molar-refractivity contribution is 7.91. The topological polar surface area (TPSA) is 105 Å². The molecule has 0 radical (unpaired) electrons. The second-order valence-corrected chi connectivity index (χ2v) is 10.4. The number of aromatic nitrogens is 3. The number of imidazole rings is 1. The molecule has 0 unspecified atom stereocenters. The monoisotopic (exact) mass is 476 g/mol. The molecule has 0 saturated carbocycles. The summed E-state index contributed by atoms with van der Waals surface area (Å²) in [5.74, 6) is 1.69. The van der Waals surface area contributed by atoms with Crippen LogP contribution in [-0.4, -0.2) is 53.0 Å². The highest BCUT2D eigenvalue weighted by Gasteiger charge is 2.23. The molecule has 1 saturated heterocycles. The molecule has 0 atom stereocenters. The first-order chi connectivity index (χ1) is 16.4. The van der Waals surface area contributed by atoms with Crippen molar-refractivity contribution in [2.45, 2.75) is 24.7 Å². The van der Waals surface area contributed by atoms with E-state index in [2.05, 4.69) is 15.0 Å². The van der Waals surface area contributed by atoms with Crippen molar-refractivity contribution in [1.29, 1.82) is 0 Å². The van der Waals surface area contributed by atoms with Gasteiger partial charge in [0.25, 0.3) is 0 Å². The fourth-order valence-corrected chi connectivity index (χ4v) is 4.67. The number of amides is 1. The molecule has 0 aliphatic carbocycles. The minimum Gasteiger partial charge on any atom is -0.457 e. The van der Waals surface area contributed by atoms with Crippen molar-refractivity contribution < 1.29 is 17.9 Å². The van der Waals surface area contributed by atoms with Gasteiger partial charge in [0, 0.05) is 30.9 Å². The second-order valence-electron chi connectivity index (χ2n) is 8.17. The molecule has 1 fully saturated rings. The summed E-state index contributed by atoms with van der Waals surface area (Å²) in [5, 5.41) is 0. The lowest BCUT2D eigenvalue weighted by molar-refractivity contribution is -0.133. The van der Waals surface area contributed by atoms with Crippen LogP contribution in [0.25, 0.3) is 22.6 Å². The Bertz CT molecular complexity index is 1440. The van der Waals surface area contributed by atoms with E-state index in [1.165, 1.54) is 12.1 Å². The molecule has 2 aromatic heterocycles. The van der Waals surface area contributed by atoms with E-state index in [1.54, 1.807) is 31.3 Å². The molecule has 4 aromatic rings. The summed E-state index contributed by atoms with van der Waals surface area (Å²) >= 11 is 0. The van der Waals surface area contributed by atoms with Crippen LogP contribution in [0.4, 0.5) is 0 Å². The zero-order valence-electron chi connectivity index (χ0n) is 18.7. The summed E-state index contributed by atoms with van der Waals surface area (Å²) < 4.78 is 30.4. The first-order valence-corrected chi connectivity index (χ1v) is 12.8. The summed E-state index contributed by atoms with van der Waals surface area (Å²) in [7, 11) is -3.30. The molecular weight excluding hydrogens is 452 g/mol. The molecule has 8 nitrogen and oxygen atoms in total. The Morgan fingerprint density at radius 1 is 1.12 bits per heavy atom. The molecule has 9 heteroatoms. The van der Waals surface area contributed by atoms with Crippen molar-refractivity contribution >= 4 is 26.8 Å². The van der Waals surface area contributed by atoms with E-state index in [9.17, 15) is 13.2 Å². The van der Waals surface area contributed by atoms with E-state index in [0.29, 0.717) is 28.5 Å². The second kappa shape index (κ2) is 8.90. The van der Waals surface area contributed by atoms with Crippen LogP contribution in [0.3, 0.4) is 0 Å². The van der Waals surface area contributed by atoms with Crippen LogP contribution in [0, 0.1) is 0 Å². The van der Waals surface area contributed by atoms with Gasteiger partial charge in [-0.05, 0) is 48.9 Å². The molecule has 1 aliphatic rings. The molecule has 3 heterocycles. The third-order valence-electron chi connectivity index (χ3n) is 5.91. The van der Waals surface area contributed by atoms with Crippen molar-refractivity contribution in [2.75, 3.05) is 18.8 Å². The van der Waals surface area contributed by atoms with E-state index in [0.717, 1.165) is 30.6 Å². The Kier molecular flexibility index (Phi) is 5.79. The first-order valence-electron chi connectivity index (χ1n) is 11.2. The zero-order valence-corrected chi connectivity index (χ0v) is 19.5. The molecule has 2 aromatic carbocycles. The maximum atomic E-state index is 12.7. The molecular formula is C25H24N4O4S. The minimum atomic E-state index is -3.30. The molecule has 34 heavy (non-hydrogen) atoms. The lowest BCUT2D eigenvalue weighted by Gasteiger charge is -2.31. The minimum absolute atomic E-state index is 0.0321. The van der Waals surface area contributed by atoms with Gasteiger partial charge in [-0.1, -0.05) is 13.0 Å². The maximum Gasteiger partial charge on any atom is 0.227 e. The number of fused-ring (bicyclic) bond motifs is 1. The van der Waals surface area contributed by atoms with Gasteiger partial charge < -0.3 is 14.6 Å². The number of ether oxygens (including phenoxy) is 1. The van der Waals surface area contributed by atoms with Gasteiger partial charge in [0.05, 0.1) is 28.1 Å². The van der Waals surface area contributed by atoms with Crippen LogP contribution in [-0.2, 0) is 21.1 Å². The number of H-pyrrole nitrogens is 1. The maximum absolute atomic E-state index is 12.7. The number of hydrogen-bond donors (Lipinski definition) is 1. The van der Waals surface area contributed by atoms with Crippen molar-refractivity contribution in [1.82, 2.24) is 19.9 Å². The molecule has 1 amide bonds. The number of nitrogens with one attached hydrogen (secondary N) is 1. The van der Waals surface area contributed by atoms with Crippen LogP contribution in [0.2, 0.25) is 0 Å². The Labute approximate surface area is 197 Å². The van der Waals surface area contributed by atoms with Crippen molar-refractivity contribution in [3.63, 3.8) is 0 Å². The number of nitrogens with zero attached hydrogens (tertiary/aromatic N) is 3. The van der Waals surface area contributed by atoms with Gasteiger partial charge in [-0.3, -0.25) is 9.78 Å². The highest BCUT2D eigenvalue weighted by Crippen LogP contribution is 2.32. The van der Waals surface area contributed by atoms with Crippen LogP contribution in [0.15, 0.2) is 65.7 Å². The van der Waals surface area contributed by atoms with E-state index < -0.39 is 9.84 Å². The Hall–Kier alpha value is -3.72. The van der Waals surface area contributed by atoms with Crippen LogP contribution >= 0.6 is 0 Å². The molecule has 5 rings (SSSR count). The predicted molar refractivity (Wildman–Crippen MR) is 128 cm³/mol. The van der Waals surface area contributed by atoms with Crippen LogP contribution < -0.4 is 4.74 Å². The van der Waals surface area contributed by atoms with E-state index >= 15 is 0 Å². The Morgan fingerprint density at radius 2 is 1.91 bits per heavy atom. The average Bonchev–Trinajstić information content (AvgIpc) is 3.22. The van der Waals surface area contributed by atoms with Crippen LogP contribution in [0.1, 0.15) is 18.9 Å². The van der Waals surface area contributed by atoms with Crippen molar-refractivity contribution in [3.8, 4) is 23.0 Å². The number of benzene rings is 2. The third kappa shape index (κ3) is 4.38. The quantitative estimate of drug-likeness (QED) is 0.432. The molecule has 0 spiro atoms. The lowest BCUT2D eigenvalue weighted by atomic mass is 10.1. The first kappa shape index (κ1) is 22.1. The average molecular weight is 477 g/mol. The van der Waals surface area contributed by atoms with Gasteiger partial charge in [0.2, 0.25) is 5.91 Å². The summed E-state index contributed by atoms with van der Waals surface area (Å²) in [6.45, 7) is 3.16. The lowest BCUT2D eigenvalue weighted by Crippen LogP contribution is -2.42. The number of carbonyl (C=O) groups excluding carboxylic acids is 1. The Morgan fingerprint density at radius 3 is 2.56 bits per heavy atom. The summed E-state index contributed by atoms with van der Waals surface area (Å²) in [6.07, 6.45) is 2.93. The van der Waals surface area contributed by atoms with Crippen molar-refractivity contribution in [2.24, 2.45) is 0 Å². The van der Waals surface area contributed by atoms with Gasteiger partial charge in [0.1, 0.15) is 17.2 Å². The number of aromatic amines is 1. The number of sulfone groups is 1. The van der Waals surface area contributed by atoms with E-state index in [1.807, 2.05) is 29.2 Å². The summed E-state index contributed by atoms with van der Waals surface area (Å²) in [5.41, 5.74) is 2.91. The van der Waals surface area contributed by atoms with Gasteiger partial charge in [-0.25, -0.2) is 13.4 Å². The molecule has 0 bridgehead atoms. The Balaban J connectivity index is 1.51. The van der Waals surface area contributed by atoms with Crippen molar-refractivity contribution in [3.05, 3.63) is 66.4 Å². The fraction of sp³-hybridized carbons (Fsp3) is 0.240. The standard InChI is InChI=1S/C25H24N4O4S/c1-2-34(31,32)19-9-7-18(8-10-19)33-23-16-22-21(14-17(23)15-24(30)29-12-5-13-29)27-25(28-22)20-6-3-4-11-26-20/h3-4,6-11,14,16H,2,5,12-13,15H2,1H3,(H,27,28). The van der Waals surface area contributed by atoms with E-state index in [-0.39, 0.29) is 23.0 Å². The van der Waals surface area contributed by atoms with E-state index in [4.69, 9.17) is 4.74 Å². The summed E-state index contributed by atoms with van der Waals surface area (Å²) in [6, 6.07) is 15.6. The number of carbonyl (C=O) groups is 1. The predicted octanol–water partition coefficient (Wildman–Crippen LogP) is 3.99. The largest absolute Gasteiger partial charge is 0.457 e. The highest BCUT2D eigenvalue weighted by atomic mass is 32.2. The van der Waals surface area contributed by atoms with Gasteiger partial charge in [0.15, 0.2) is 15.7 Å². The van der Waals surface area contributed by atoms with Crippen LogP contribution in [0.5, 0.6) is 11.5 Å². The fourth-order valence-electron chi connectivity index (χ4n) is 3.79. The SMILES string of the molecule is CCS(=O)(=O)c1ccc(Oc2cc3nc(-c4ccccn4)[nH]c3cc2CC(=O)N2CCC2)cc1. The van der Waals surface area contributed by atoms with Gasteiger partial charge in [-0.15, -0.1) is 0 Å². The smallest absolute Gasteiger partial charge is 0.227 e. The van der Waals surface area contributed by atoms with Gasteiger partial charge >= 0.3 is 0 Å². The molecule has 1 aliphatic heterocycles. The number of hydrogen-bond acceptors (Lipinski definition) is 6. The number of rotatable bonds is 7. The number of likely N-dealkylation sites (tertiary alicyclic amines) is 1. The number of pyridine rings is 1. The molecule has 1 N–H and O–H groups in total. The summed E-state index contributed by atoms with van der Waals surface area (Å²) in [4.78, 5) is 27.1. The zero-order chi connectivity index (χ0) is 23.7.